The third-order valence-electron chi connectivity index (χ3n) is 4.45. The van der Waals surface area contributed by atoms with E-state index < -0.39 is 0 Å². The summed E-state index contributed by atoms with van der Waals surface area (Å²) in [7, 11) is 0. The Morgan fingerprint density at radius 2 is 1.88 bits per heavy atom. The van der Waals surface area contributed by atoms with Crippen molar-refractivity contribution in [2.75, 3.05) is 29.0 Å². The Morgan fingerprint density at radius 3 is 2.54 bits per heavy atom. The van der Waals surface area contributed by atoms with Crippen LogP contribution < -0.4 is 16.0 Å². The molecule has 0 radical (unpaired) electrons. The van der Waals surface area contributed by atoms with E-state index in [1.165, 1.54) is 25.7 Å². The molecule has 1 aromatic carbocycles. The van der Waals surface area contributed by atoms with Gasteiger partial charge in [-0.1, -0.05) is 18.9 Å². The first kappa shape index (κ1) is 16.3. The number of hydrogen-bond donors (Lipinski definition) is 2. The topological polar surface area (TPSA) is 71.2 Å². The fourth-order valence-electron chi connectivity index (χ4n) is 2.98. The van der Waals surface area contributed by atoms with E-state index in [0.29, 0.717) is 11.3 Å². The summed E-state index contributed by atoms with van der Waals surface area (Å²) in [6, 6.07) is 9.26. The summed E-state index contributed by atoms with van der Waals surface area (Å²) < 4.78 is 0. The van der Waals surface area contributed by atoms with Crippen LogP contribution in [-0.2, 0) is 0 Å². The van der Waals surface area contributed by atoms with Gasteiger partial charge in [-0.05, 0) is 49.6 Å². The molecule has 1 aliphatic heterocycles. The van der Waals surface area contributed by atoms with Gasteiger partial charge in [0.1, 0.15) is 5.82 Å². The SMILES string of the molecule is Cc1ccc(N)cc1NC(=O)c1ccc(N2CCCCCC2)nc1. The van der Waals surface area contributed by atoms with Gasteiger partial charge in [0.2, 0.25) is 0 Å². The third-order valence-corrected chi connectivity index (χ3v) is 4.45. The monoisotopic (exact) mass is 324 g/mol. The van der Waals surface area contributed by atoms with Gasteiger partial charge in [-0.2, -0.15) is 0 Å². The lowest BCUT2D eigenvalue weighted by Crippen LogP contribution is -2.25. The molecule has 0 aliphatic carbocycles. The number of nitrogen functional groups attached to an aromatic ring is 1. The Hall–Kier alpha value is -2.56. The first-order valence-electron chi connectivity index (χ1n) is 8.52. The second-order valence-electron chi connectivity index (χ2n) is 6.33. The highest BCUT2D eigenvalue weighted by molar-refractivity contribution is 6.04. The van der Waals surface area contributed by atoms with Gasteiger partial charge in [0.05, 0.1) is 5.56 Å². The van der Waals surface area contributed by atoms with Crippen LogP contribution in [0.5, 0.6) is 0 Å². The molecule has 1 aliphatic rings. The fourth-order valence-corrected chi connectivity index (χ4v) is 2.98. The molecule has 1 saturated heterocycles. The van der Waals surface area contributed by atoms with Crippen molar-refractivity contribution in [1.29, 1.82) is 0 Å². The van der Waals surface area contributed by atoms with Crippen molar-refractivity contribution in [2.45, 2.75) is 32.6 Å². The lowest BCUT2D eigenvalue weighted by molar-refractivity contribution is 0.102. The summed E-state index contributed by atoms with van der Waals surface area (Å²) in [6.07, 6.45) is 6.64. The van der Waals surface area contributed by atoms with Gasteiger partial charge < -0.3 is 16.0 Å². The first-order chi connectivity index (χ1) is 11.6. The second kappa shape index (κ2) is 7.34. The van der Waals surface area contributed by atoms with Crippen molar-refractivity contribution in [3.63, 3.8) is 0 Å². The molecule has 0 bridgehead atoms. The number of benzene rings is 1. The number of aryl methyl sites for hydroxylation is 1. The average molecular weight is 324 g/mol. The fraction of sp³-hybridized carbons (Fsp3) is 0.368. The number of nitrogens with zero attached hydrogens (tertiary/aromatic N) is 2. The molecule has 5 heteroatoms. The summed E-state index contributed by atoms with van der Waals surface area (Å²) in [4.78, 5) is 19.2. The number of aromatic nitrogens is 1. The molecular formula is C19H24N4O. The number of rotatable bonds is 3. The lowest BCUT2D eigenvalue weighted by atomic mass is 10.1. The lowest BCUT2D eigenvalue weighted by Gasteiger charge is -2.21. The van der Waals surface area contributed by atoms with E-state index in [1.807, 2.05) is 31.2 Å². The second-order valence-corrected chi connectivity index (χ2v) is 6.33. The minimum absolute atomic E-state index is 0.168. The highest BCUT2D eigenvalue weighted by atomic mass is 16.1. The molecule has 2 heterocycles. The molecule has 1 aromatic heterocycles. The van der Waals surface area contributed by atoms with Crippen LogP contribution in [-0.4, -0.2) is 24.0 Å². The number of amides is 1. The Bertz CT molecular complexity index is 704. The molecule has 1 amide bonds. The molecule has 0 atom stereocenters. The maximum Gasteiger partial charge on any atom is 0.257 e. The Kier molecular flexibility index (Phi) is 4.99. The molecule has 0 unspecified atom stereocenters. The van der Waals surface area contributed by atoms with E-state index in [4.69, 9.17) is 5.73 Å². The maximum atomic E-state index is 12.4. The van der Waals surface area contributed by atoms with Gasteiger partial charge in [-0.25, -0.2) is 4.98 Å². The van der Waals surface area contributed by atoms with Gasteiger partial charge in [0.15, 0.2) is 0 Å². The average Bonchev–Trinajstić information content (AvgIpc) is 2.87. The predicted octanol–water partition coefficient (Wildman–Crippen LogP) is 3.60. The zero-order valence-corrected chi connectivity index (χ0v) is 14.1. The van der Waals surface area contributed by atoms with E-state index in [9.17, 15) is 4.79 Å². The normalized spacial score (nSPS) is 15.0. The standard InChI is InChI=1S/C19H24N4O/c1-14-6-8-16(20)12-17(14)22-19(24)15-7-9-18(21-13-15)23-10-4-2-3-5-11-23/h6-9,12-13H,2-5,10-11,20H2,1H3,(H,22,24). The van der Waals surface area contributed by atoms with E-state index >= 15 is 0 Å². The molecule has 1 fully saturated rings. The minimum Gasteiger partial charge on any atom is -0.399 e. The van der Waals surface area contributed by atoms with Crippen molar-refractivity contribution in [3.05, 3.63) is 47.7 Å². The number of carbonyl (C=O) groups is 1. The molecule has 3 rings (SSSR count). The zero-order valence-electron chi connectivity index (χ0n) is 14.1. The molecular weight excluding hydrogens is 300 g/mol. The van der Waals surface area contributed by atoms with Crippen LogP contribution >= 0.6 is 0 Å². The molecule has 5 nitrogen and oxygen atoms in total. The Morgan fingerprint density at radius 1 is 1.12 bits per heavy atom. The predicted molar refractivity (Wildman–Crippen MR) is 98.5 cm³/mol. The molecule has 3 N–H and O–H groups in total. The number of carbonyl (C=O) groups excluding carboxylic acids is 1. The van der Waals surface area contributed by atoms with Gasteiger partial charge in [0, 0.05) is 30.7 Å². The number of anilines is 3. The van der Waals surface area contributed by atoms with Gasteiger partial charge in [-0.15, -0.1) is 0 Å². The van der Waals surface area contributed by atoms with E-state index in [2.05, 4.69) is 15.2 Å². The summed E-state index contributed by atoms with van der Waals surface area (Å²) in [5.41, 5.74) is 8.68. The van der Waals surface area contributed by atoms with Crippen molar-refractivity contribution >= 4 is 23.1 Å². The summed E-state index contributed by atoms with van der Waals surface area (Å²) in [5, 5.41) is 2.90. The first-order valence-corrected chi connectivity index (χ1v) is 8.52. The van der Waals surface area contributed by atoms with Crippen LogP contribution in [0, 0.1) is 6.92 Å². The number of pyridine rings is 1. The van der Waals surface area contributed by atoms with Crippen LogP contribution in [0.2, 0.25) is 0 Å². The van der Waals surface area contributed by atoms with Crippen molar-refractivity contribution in [1.82, 2.24) is 4.98 Å². The maximum absolute atomic E-state index is 12.4. The summed E-state index contributed by atoms with van der Waals surface area (Å²) >= 11 is 0. The van der Waals surface area contributed by atoms with Crippen LogP contribution in [0.25, 0.3) is 0 Å². The molecule has 0 saturated carbocycles. The van der Waals surface area contributed by atoms with Crippen LogP contribution in [0.1, 0.15) is 41.6 Å². The van der Waals surface area contributed by atoms with Gasteiger partial charge in [-0.3, -0.25) is 4.79 Å². The van der Waals surface area contributed by atoms with Crippen molar-refractivity contribution in [3.8, 4) is 0 Å². The van der Waals surface area contributed by atoms with Crippen LogP contribution in [0.3, 0.4) is 0 Å². The highest BCUT2D eigenvalue weighted by Gasteiger charge is 2.13. The largest absolute Gasteiger partial charge is 0.399 e. The minimum atomic E-state index is -0.168. The molecule has 24 heavy (non-hydrogen) atoms. The molecule has 0 spiro atoms. The number of nitrogens with two attached hydrogens (primary N) is 1. The quantitative estimate of drug-likeness (QED) is 0.846. The zero-order chi connectivity index (χ0) is 16.9. The Balaban J connectivity index is 1.70. The molecule has 126 valence electrons. The number of hydrogen-bond acceptors (Lipinski definition) is 4. The smallest absolute Gasteiger partial charge is 0.257 e. The van der Waals surface area contributed by atoms with E-state index in [0.717, 1.165) is 30.2 Å². The van der Waals surface area contributed by atoms with Crippen LogP contribution in [0.15, 0.2) is 36.5 Å². The summed E-state index contributed by atoms with van der Waals surface area (Å²) in [5.74, 6) is 0.784. The Labute approximate surface area is 142 Å². The molecule has 2 aromatic rings. The third kappa shape index (κ3) is 3.85. The summed E-state index contributed by atoms with van der Waals surface area (Å²) in [6.45, 7) is 4.03. The van der Waals surface area contributed by atoms with Crippen molar-refractivity contribution in [2.24, 2.45) is 0 Å². The highest BCUT2D eigenvalue weighted by Crippen LogP contribution is 2.20. The van der Waals surface area contributed by atoms with E-state index in [-0.39, 0.29) is 5.91 Å². The van der Waals surface area contributed by atoms with Crippen molar-refractivity contribution < 1.29 is 4.79 Å². The van der Waals surface area contributed by atoms with Gasteiger partial charge >= 0.3 is 0 Å². The number of nitrogens with one attached hydrogen (secondary N) is 1. The van der Waals surface area contributed by atoms with Gasteiger partial charge in [0.25, 0.3) is 5.91 Å². The van der Waals surface area contributed by atoms with Crippen LogP contribution in [0.4, 0.5) is 17.2 Å². The van der Waals surface area contributed by atoms with E-state index in [1.54, 1.807) is 12.3 Å².